The van der Waals surface area contributed by atoms with Crippen molar-refractivity contribution in [1.82, 2.24) is 9.62 Å². The highest BCUT2D eigenvalue weighted by atomic mass is 32.2. The monoisotopic (exact) mass is 385 g/mol. The summed E-state index contributed by atoms with van der Waals surface area (Å²) in [7, 11) is -4.16. The minimum Gasteiger partial charge on any atom is -0.341 e. The largest absolute Gasteiger partial charge is 0.341 e. The Labute approximate surface area is 155 Å². The Hall–Kier alpha value is -1.51. The molecule has 1 aromatic carbocycles. The van der Waals surface area contributed by atoms with E-state index in [0.717, 1.165) is 6.07 Å². The normalized spacial score (nSPS) is 21.7. The second-order valence-corrected chi connectivity index (χ2v) is 9.60. The zero-order valence-corrected chi connectivity index (χ0v) is 16.5. The molecular formula is C18H28FN3O3S. The van der Waals surface area contributed by atoms with Gasteiger partial charge in [-0.3, -0.25) is 4.79 Å². The van der Waals surface area contributed by atoms with Gasteiger partial charge in [0.25, 0.3) is 0 Å². The van der Waals surface area contributed by atoms with Crippen LogP contribution in [0, 0.1) is 17.2 Å². The smallest absolute Gasteiger partial charge is 0.244 e. The van der Waals surface area contributed by atoms with Crippen molar-refractivity contribution in [2.45, 2.75) is 51.1 Å². The zero-order valence-electron chi connectivity index (χ0n) is 15.7. The Bertz CT molecular complexity index is 765. The number of carbonyl (C=O) groups is 1. The van der Waals surface area contributed by atoms with E-state index in [-0.39, 0.29) is 23.3 Å². The predicted molar refractivity (Wildman–Crippen MR) is 98.3 cm³/mol. The fourth-order valence-corrected chi connectivity index (χ4v) is 4.54. The quantitative estimate of drug-likeness (QED) is 0.807. The number of nitrogens with one attached hydrogen (secondary N) is 1. The molecule has 1 amide bonds. The van der Waals surface area contributed by atoms with E-state index in [1.807, 2.05) is 13.8 Å². The van der Waals surface area contributed by atoms with Crippen LogP contribution in [0.5, 0.6) is 0 Å². The Morgan fingerprint density at radius 1 is 1.35 bits per heavy atom. The average Bonchev–Trinajstić information content (AvgIpc) is 2.54. The van der Waals surface area contributed by atoms with Crippen molar-refractivity contribution in [1.29, 1.82) is 0 Å². The highest BCUT2D eigenvalue weighted by Gasteiger charge is 2.39. The van der Waals surface area contributed by atoms with Crippen LogP contribution in [0.4, 0.5) is 4.39 Å². The molecule has 1 aliphatic rings. The van der Waals surface area contributed by atoms with Gasteiger partial charge in [0.2, 0.25) is 15.9 Å². The minimum atomic E-state index is -4.16. The molecule has 1 fully saturated rings. The molecule has 0 saturated carbocycles. The third-order valence-electron chi connectivity index (χ3n) is 4.96. The molecule has 2 unspecified atom stereocenters. The first-order valence-electron chi connectivity index (χ1n) is 8.77. The number of hydrogen-bond acceptors (Lipinski definition) is 4. The topological polar surface area (TPSA) is 92.5 Å². The van der Waals surface area contributed by atoms with Crippen molar-refractivity contribution in [3.8, 4) is 0 Å². The predicted octanol–water partition coefficient (Wildman–Crippen LogP) is 1.71. The van der Waals surface area contributed by atoms with Gasteiger partial charge in [-0.05, 0) is 29.9 Å². The van der Waals surface area contributed by atoms with Crippen LogP contribution in [0.1, 0.15) is 34.1 Å². The summed E-state index contributed by atoms with van der Waals surface area (Å²) < 4.78 is 41.5. The molecule has 3 N–H and O–H groups in total. The number of likely N-dealkylation sites (tertiary alicyclic amines) is 1. The summed E-state index contributed by atoms with van der Waals surface area (Å²) in [6, 6.07) is 4.14. The van der Waals surface area contributed by atoms with Crippen LogP contribution in [-0.4, -0.2) is 44.4 Å². The van der Waals surface area contributed by atoms with Gasteiger partial charge in [0.05, 0.1) is 0 Å². The molecular weight excluding hydrogens is 357 g/mol. The van der Waals surface area contributed by atoms with E-state index in [1.54, 1.807) is 18.7 Å². The van der Waals surface area contributed by atoms with Crippen molar-refractivity contribution < 1.29 is 17.6 Å². The molecule has 0 aliphatic carbocycles. The maximum Gasteiger partial charge on any atom is 0.244 e. The number of sulfonamides is 1. The lowest BCUT2D eigenvalue weighted by atomic mass is 9.79. The Balaban J connectivity index is 2.24. The number of nitrogens with two attached hydrogens (primary N) is 1. The molecule has 0 spiro atoms. The van der Waals surface area contributed by atoms with Gasteiger partial charge in [-0.1, -0.05) is 39.8 Å². The lowest BCUT2D eigenvalue weighted by Gasteiger charge is -2.44. The van der Waals surface area contributed by atoms with Crippen molar-refractivity contribution in [3.05, 3.63) is 30.1 Å². The number of hydrogen-bond donors (Lipinski definition) is 2. The molecule has 0 radical (unpaired) electrons. The van der Waals surface area contributed by atoms with Gasteiger partial charge in [0, 0.05) is 19.1 Å². The standard InChI is InChI=1S/C18H28FN3O3S/c1-12(2)16(17(23)22-10-9-15(20)18(3,4)11-22)21-26(24,25)14-8-6-5-7-13(14)19/h5-8,12,15-16,21H,9-11,20H2,1-4H3. The van der Waals surface area contributed by atoms with E-state index >= 15 is 0 Å². The Morgan fingerprint density at radius 3 is 2.50 bits per heavy atom. The summed E-state index contributed by atoms with van der Waals surface area (Å²) in [4.78, 5) is 14.2. The molecule has 146 valence electrons. The van der Waals surface area contributed by atoms with E-state index in [0.29, 0.717) is 19.5 Å². The number of halogens is 1. The van der Waals surface area contributed by atoms with E-state index < -0.39 is 26.8 Å². The fourth-order valence-electron chi connectivity index (χ4n) is 3.12. The molecule has 8 heteroatoms. The molecule has 2 rings (SSSR count). The number of amides is 1. The number of benzene rings is 1. The first-order valence-corrected chi connectivity index (χ1v) is 10.3. The van der Waals surface area contributed by atoms with Gasteiger partial charge >= 0.3 is 0 Å². The molecule has 1 aliphatic heterocycles. The minimum absolute atomic E-state index is 0.0147. The average molecular weight is 386 g/mol. The van der Waals surface area contributed by atoms with Crippen molar-refractivity contribution >= 4 is 15.9 Å². The van der Waals surface area contributed by atoms with E-state index in [4.69, 9.17) is 5.73 Å². The highest BCUT2D eigenvalue weighted by molar-refractivity contribution is 7.89. The summed E-state index contributed by atoms with van der Waals surface area (Å²) in [5.41, 5.74) is 5.86. The van der Waals surface area contributed by atoms with Crippen LogP contribution >= 0.6 is 0 Å². The van der Waals surface area contributed by atoms with Crippen molar-refractivity contribution in [3.63, 3.8) is 0 Å². The van der Waals surface area contributed by atoms with Crippen LogP contribution in [0.3, 0.4) is 0 Å². The van der Waals surface area contributed by atoms with Gasteiger partial charge in [-0.25, -0.2) is 12.8 Å². The summed E-state index contributed by atoms with van der Waals surface area (Å²) in [6.07, 6.45) is 0.656. The van der Waals surface area contributed by atoms with E-state index in [1.165, 1.54) is 18.2 Å². The summed E-state index contributed by atoms with van der Waals surface area (Å²) in [6.45, 7) is 8.43. The van der Waals surface area contributed by atoms with Crippen LogP contribution in [0.2, 0.25) is 0 Å². The first kappa shape index (κ1) is 20.8. The molecule has 0 bridgehead atoms. The van der Waals surface area contributed by atoms with Crippen molar-refractivity contribution in [2.75, 3.05) is 13.1 Å². The van der Waals surface area contributed by atoms with Crippen LogP contribution in [0.25, 0.3) is 0 Å². The van der Waals surface area contributed by atoms with Crippen LogP contribution in [-0.2, 0) is 14.8 Å². The third-order valence-corrected chi connectivity index (χ3v) is 6.44. The second kappa shape index (κ2) is 7.62. The Morgan fingerprint density at radius 2 is 1.96 bits per heavy atom. The van der Waals surface area contributed by atoms with Gasteiger partial charge in [-0.15, -0.1) is 0 Å². The molecule has 1 saturated heterocycles. The molecule has 1 aromatic rings. The maximum absolute atomic E-state index is 13.9. The summed E-state index contributed by atoms with van der Waals surface area (Å²) >= 11 is 0. The molecule has 0 aromatic heterocycles. The molecule has 1 heterocycles. The van der Waals surface area contributed by atoms with E-state index in [2.05, 4.69) is 4.72 Å². The highest BCUT2D eigenvalue weighted by Crippen LogP contribution is 2.28. The number of piperidine rings is 1. The summed E-state index contributed by atoms with van der Waals surface area (Å²) in [5.74, 6) is -1.44. The molecule has 2 atom stereocenters. The maximum atomic E-state index is 13.9. The molecule has 6 nitrogen and oxygen atoms in total. The zero-order chi connectivity index (χ0) is 19.7. The van der Waals surface area contributed by atoms with Gasteiger partial charge in [-0.2, -0.15) is 4.72 Å². The summed E-state index contributed by atoms with van der Waals surface area (Å²) in [5, 5.41) is 0. The first-order chi connectivity index (χ1) is 12.0. The second-order valence-electron chi connectivity index (χ2n) is 7.92. The Kier molecular flexibility index (Phi) is 6.09. The van der Waals surface area contributed by atoms with E-state index in [9.17, 15) is 17.6 Å². The van der Waals surface area contributed by atoms with Gasteiger partial charge in [0.1, 0.15) is 16.8 Å². The third kappa shape index (κ3) is 4.42. The van der Waals surface area contributed by atoms with Gasteiger partial charge in [0.15, 0.2) is 0 Å². The number of rotatable bonds is 5. The van der Waals surface area contributed by atoms with Crippen LogP contribution < -0.4 is 10.5 Å². The number of nitrogens with zero attached hydrogens (tertiary/aromatic N) is 1. The van der Waals surface area contributed by atoms with Crippen molar-refractivity contribution in [2.24, 2.45) is 17.1 Å². The fraction of sp³-hybridized carbons (Fsp3) is 0.611. The van der Waals surface area contributed by atoms with Gasteiger partial charge < -0.3 is 10.6 Å². The lowest BCUT2D eigenvalue weighted by molar-refractivity contribution is -0.137. The molecule has 26 heavy (non-hydrogen) atoms. The lowest BCUT2D eigenvalue weighted by Crippen LogP contribution is -2.58. The SMILES string of the molecule is CC(C)C(NS(=O)(=O)c1ccccc1F)C(=O)N1CCC(N)C(C)(C)C1. The van der Waals surface area contributed by atoms with Crippen LogP contribution in [0.15, 0.2) is 29.2 Å². The number of carbonyl (C=O) groups excluding carboxylic acids is 1.